The predicted molar refractivity (Wildman–Crippen MR) is 104 cm³/mol. The van der Waals surface area contributed by atoms with Crippen molar-refractivity contribution in [3.63, 3.8) is 0 Å². The van der Waals surface area contributed by atoms with E-state index in [1.807, 2.05) is 37.3 Å². The maximum absolute atomic E-state index is 13.9. The molecule has 0 saturated heterocycles. The number of aryl methyl sites for hydroxylation is 1. The minimum absolute atomic E-state index is 0.0193. The number of carbonyl (C=O) groups excluding carboxylic acids is 2. The lowest BCUT2D eigenvalue weighted by Gasteiger charge is -2.53. The zero-order chi connectivity index (χ0) is 18.8. The summed E-state index contributed by atoms with van der Waals surface area (Å²) in [6, 6.07) is 14.5. The number of hydrogen-bond acceptors (Lipinski definition) is 3. The van der Waals surface area contributed by atoms with E-state index in [1.54, 1.807) is 24.3 Å². The lowest BCUT2D eigenvalue weighted by atomic mass is 9.55. The minimum atomic E-state index is -1.59. The molecule has 6 rings (SSSR count). The fourth-order valence-electron chi connectivity index (χ4n) is 5.19. The summed E-state index contributed by atoms with van der Waals surface area (Å²) >= 11 is 0. The van der Waals surface area contributed by atoms with Crippen LogP contribution in [0.2, 0.25) is 0 Å². The molecule has 1 fully saturated rings. The molecular weight excluding hydrogens is 356 g/mol. The van der Waals surface area contributed by atoms with Crippen molar-refractivity contribution in [2.75, 3.05) is 0 Å². The van der Waals surface area contributed by atoms with E-state index in [9.17, 15) is 13.8 Å². The first-order chi connectivity index (χ1) is 13.0. The van der Waals surface area contributed by atoms with E-state index in [1.165, 1.54) is 0 Å². The van der Waals surface area contributed by atoms with Gasteiger partial charge in [-0.15, -0.1) is 0 Å². The minimum Gasteiger partial charge on any atom is -0.294 e. The lowest BCUT2D eigenvalue weighted by molar-refractivity contribution is 0.0584. The average molecular weight is 376 g/mol. The van der Waals surface area contributed by atoms with E-state index >= 15 is 0 Å². The Morgan fingerprint density at radius 1 is 0.926 bits per heavy atom. The van der Waals surface area contributed by atoms with Crippen LogP contribution in [-0.2, 0) is 10.8 Å². The lowest BCUT2D eigenvalue weighted by Crippen LogP contribution is -2.65. The first-order valence-electron chi connectivity index (χ1n) is 9.40. The van der Waals surface area contributed by atoms with E-state index in [0.29, 0.717) is 16.0 Å². The number of rotatable bonds is 2. The zero-order valence-electron chi connectivity index (χ0n) is 15.1. The Hall–Kier alpha value is -2.33. The highest BCUT2D eigenvalue weighted by atomic mass is 32.2. The highest BCUT2D eigenvalue weighted by Crippen LogP contribution is 2.56. The summed E-state index contributed by atoms with van der Waals surface area (Å²) < 4.78 is 12.7. The van der Waals surface area contributed by atoms with E-state index < -0.39 is 21.5 Å². The third-order valence-corrected chi connectivity index (χ3v) is 8.51. The van der Waals surface area contributed by atoms with E-state index in [0.717, 1.165) is 18.4 Å². The standard InChI is InChI=1S/C23H20O3S/c1-14-6-12-17(13-7-14)27(26)23-16-10-8-15(9-11-16)20(23)21(24)18-4-2-3-5-19(18)22(23)25/h2-8,10,12-13,15-16,20H,9,11H2,1H3/t15-,16+,20+,23-,27-/m0/s1. The second kappa shape index (κ2) is 5.83. The number of benzene rings is 2. The van der Waals surface area contributed by atoms with Crippen LogP contribution in [0.4, 0.5) is 0 Å². The molecule has 5 atom stereocenters. The van der Waals surface area contributed by atoms with Gasteiger partial charge in [0.25, 0.3) is 0 Å². The molecule has 1 saturated carbocycles. The van der Waals surface area contributed by atoms with E-state index in [-0.39, 0.29) is 23.4 Å². The summed E-state index contributed by atoms with van der Waals surface area (Å²) in [7, 11) is -1.59. The van der Waals surface area contributed by atoms with Gasteiger partial charge in [-0.2, -0.15) is 0 Å². The summed E-state index contributed by atoms with van der Waals surface area (Å²) in [6.07, 6.45) is 5.79. The molecule has 0 radical (unpaired) electrons. The van der Waals surface area contributed by atoms with Gasteiger partial charge in [0, 0.05) is 21.9 Å². The van der Waals surface area contributed by atoms with Crippen molar-refractivity contribution in [1.29, 1.82) is 0 Å². The normalized spacial score (nSPS) is 32.1. The number of hydrogen-bond donors (Lipinski definition) is 0. The number of Topliss-reactive ketones (excluding diaryl/α,β-unsaturated/α-hetero) is 2. The summed E-state index contributed by atoms with van der Waals surface area (Å²) in [6.45, 7) is 1.98. The van der Waals surface area contributed by atoms with Crippen LogP contribution in [-0.4, -0.2) is 20.5 Å². The SMILES string of the molecule is Cc1ccc([S@](=O)[C@]23C(=O)c4ccccc4C(=O)[C@H]2[C@H]2C=C[C@@H]3CC2)cc1. The van der Waals surface area contributed by atoms with Crippen molar-refractivity contribution in [2.45, 2.75) is 29.4 Å². The highest BCUT2D eigenvalue weighted by Gasteiger charge is 2.66. The van der Waals surface area contributed by atoms with Gasteiger partial charge in [0.05, 0.1) is 16.7 Å². The molecule has 4 aliphatic carbocycles. The van der Waals surface area contributed by atoms with Crippen LogP contribution in [0.15, 0.2) is 65.6 Å². The Bertz CT molecular complexity index is 1020. The van der Waals surface area contributed by atoms with Gasteiger partial charge < -0.3 is 0 Å². The molecule has 0 aromatic heterocycles. The Labute approximate surface area is 160 Å². The third-order valence-electron chi connectivity index (χ3n) is 6.46. The molecule has 0 N–H and O–H groups in total. The molecule has 27 heavy (non-hydrogen) atoms. The van der Waals surface area contributed by atoms with Gasteiger partial charge in [-0.25, -0.2) is 0 Å². The fourth-order valence-corrected chi connectivity index (χ4v) is 7.23. The molecule has 136 valence electrons. The molecule has 2 bridgehead atoms. The first-order valence-corrected chi connectivity index (χ1v) is 10.5. The summed E-state index contributed by atoms with van der Waals surface area (Å²) in [5.74, 6) is -0.871. The van der Waals surface area contributed by atoms with Gasteiger partial charge >= 0.3 is 0 Å². The predicted octanol–water partition coefficient (Wildman–Crippen LogP) is 4.13. The Kier molecular flexibility index (Phi) is 3.63. The zero-order valence-corrected chi connectivity index (χ0v) is 15.9. The number of allylic oxidation sites excluding steroid dienone is 2. The van der Waals surface area contributed by atoms with Gasteiger partial charge in [-0.3, -0.25) is 13.8 Å². The Morgan fingerprint density at radius 2 is 1.63 bits per heavy atom. The van der Waals surface area contributed by atoms with Crippen molar-refractivity contribution < 1.29 is 13.8 Å². The first kappa shape index (κ1) is 16.8. The van der Waals surface area contributed by atoms with Crippen LogP contribution < -0.4 is 0 Å². The van der Waals surface area contributed by atoms with Gasteiger partial charge in [0.2, 0.25) is 0 Å². The molecule has 0 heterocycles. The van der Waals surface area contributed by atoms with Crippen molar-refractivity contribution in [3.05, 3.63) is 77.4 Å². The largest absolute Gasteiger partial charge is 0.294 e. The Morgan fingerprint density at radius 3 is 2.30 bits per heavy atom. The molecule has 0 unspecified atom stereocenters. The smallest absolute Gasteiger partial charge is 0.183 e. The quantitative estimate of drug-likeness (QED) is 0.741. The average Bonchev–Trinajstić information content (AvgIpc) is 2.72. The topological polar surface area (TPSA) is 51.2 Å². The summed E-state index contributed by atoms with van der Waals surface area (Å²) in [4.78, 5) is 27.9. The molecule has 0 aliphatic heterocycles. The molecular formula is C23H20O3S. The number of fused-ring (bicyclic) bond motifs is 2. The van der Waals surface area contributed by atoms with Crippen LogP contribution in [0.3, 0.4) is 0 Å². The monoisotopic (exact) mass is 376 g/mol. The van der Waals surface area contributed by atoms with Crippen LogP contribution in [0.5, 0.6) is 0 Å². The van der Waals surface area contributed by atoms with Crippen molar-refractivity contribution in [1.82, 2.24) is 0 Å². The van der Waals surface area contributed by atoms with E-state index in [2.05, 4.69) is 6.08 Å². The van der Waals surface area contributed by atoms with Crippen molar-refractivity contribution >= 4 is 22.4 Å². The maximum atomic E-state index is 13.9. The molecule has 2 aromatic rings. The van der Waals surface area contributed by atoms with Gasteiger partial charge in [0.15, 0.2) is 11.6 Å². The molecule has 3 nitrogen and oxygen atoms in total. The van der Waals surface area contributed by atoms with Crippen LogP contribution in [0, 0.1) is 24.7 Å². The Balaban J connectivity index is 1.77. The summed E-state index contributed by atoms with van der Waals surface area (Å²) in [5.41, 5.74) is 2.00. The molecule has 0 spiro atoms. The molecule has 2 aromatic carbocycles. The maximum Gasteiger partial charge on any atom is 0.183 e. The van der Waals surface area contributed by atoms with Crippen molar-refractivity contribution in [3.8, 4) is 0 Å². The third kappa shape index (κ3) is 2.10. The van der Waals surface area contributed by atoms with Crippen LogP contribution >= 0.6 is 0 Å². The second-order valence-electron chi connectivity index (χ2n) is 7.82. The fraction of sp³-hybridized carbons (Fsp3) is 0.304. The van der Waals surface area contributed by atoms with Crippen molar-refractivity contribution in [2.24, 2.45) is 17.8 Å². The highest BCUT2D eigenvalue weighted by molar-refractivity contribution is 7.87. The van der Waals surface area contributed by atoms with Crippen LogP contribution in [0.1, 0.15) is 39.1 Å². The summed E-state index contributed by atoms with van der Waals surface area (Å²) in [5, 5.41) is 0. The number of carbonyl (C=O) groups is 2. The van der Waals surface area contributed by atoms with E-state index in [4.69, 9.17) is 0 Å². The van der Waals surface area contributed by atoms with Gasteiger partial charge in [-0.1, -0.05) is 54.1 Å². The molecule has 4 aliphatic rings. The van der Waals surface area contributed by atoms with Crippen LogP contribution in [0.25, 0.3) is 0 Å². The van der Waals surface area contributed by atoms with Gasteiger partial charge in [-0.05, 0) is 37.8 Å². The van der Waals surface area contributed by atoms with Gasteiger partial charge in [0.1, 0.15) is 4.75 Å². The molecule has 0 amide bonds. The number of ketones is 2. The second-order valence-corrected chi connectivity index (χ2v) is 9.51. The molecule has 4 heteroatoms.